The molecule has 18 heavy (non-hydrogen) atoms. The molecule has 1 N–H and O–H groups in total. The Labute approximate surface area is 106 Å². The first-order valence-electron chi connectivity index (χ1n) is 6.20. The number of rotatable bonds is 2. The first kappa shape index (κ1) is 11.3. The van der Waals surface area contributed by atoms with E-state index in [4.69, 9.17) is 0 Å². The van der Waals surface area contributed by atoms with Crippen LogP contribution in [0.4, 0.5) is 5.69 Å². The van der Waals surface area contributed by atoms with Crippen molar-refractivity contribution in [3.63, 3.8) is 0 Å². The van der Waals surface area contributed by atoms with Gasteiger partial charge in [-0.25, -0.2) is 0 Å². The number of hydrogen-bond donors (Lipinski definition) is 1. The van der Waals surface area contributed by atoms with E-state index in [9.17, 15) is 4.79 Å². The summed E-state index contributed by atoms with van der Waals surface area (Å²) in [5, 5.41) is 4.22. The van der Waals surface area contributed by atoms with Gasteiger partial charge >= 0.3 is 0 Å². The van der Waals surface area contributed by atoms with E-state index in [0.29, 0.717) is 6.42 Å². The number of carbonyl (C=O) groups is 1. The molecule has 2 aromatic rings. The molecule has 0 bridgehead atoms. The molecule has 0 spiro atoms. The first-order chi connectivity index (χ1) is 8.65. The first-order valence-corrected chi connectivity index (χ1v) is 6.20. The van der Waals surface area contributed by atoms with Gasteiger partial charge in [-0.15, -0.1) is 0 Å². The van der Waals surface area contributed by atoms with Crippen LogP contribution in [0, 0.1) is 0 Å². The fourth-order valence-corrected chi connectivity index (χ4v) is 2.61. The highest BCUT2D eigenvalue weighted by Crippen LogP contribution is 2.30. The average molecular weight is 243 g/mol. The van der Waals surface area contributed by atoms with Gasteiger partial charge in [0.05, 0.1) is 11.2 Å². The molecule has 0 aliphatic carbocycles. The van der Waals surface area contributed by atoms with Crippen LogP contribution in [0.3, 0.4) is 0 Å². The van der Waals surface area contributed by atoms with E-state index >= 15 is 0 Å². The van der Waals surface area contributed by atoms with Gasteiger partial charge < -0.3 is 14.8 Å². The summed E-state index contributed by atoms with van der Waals surface area (Å²) in [6, 6.07) is 6.11. The molecule has 1 amide bonds. The number of nitrogens with one attached hydrogen (secondary N) is 1. The molecule has 3 rings (SSSR count). The van der Waals surface area contributed by atoms with E-state index in [1.165, 1.54) is 10.9 Å². The number of benzene rings is 1. The van der Waals surface area contributed by atoms with Crippen LogP contribution in [0.15, 0.2) is 24.4 Å². The van der Waals surface area contributed by atoms with Crippen molar-refractivity contribution in [1.82, 2.24) is 9.47 Å². The Bertz CT molecular complexity index is 613. The number of aryl methyl sites for hydroxylation is 1. The van der Waals surface area contributed by atoms with Crippen molar-refractivity contribution in [2.24, 2.45) is 0 Å². The van der Waals surface area contributed by atoms with Crippen molar-refractivity contribution < 1.29 is 4.79 Å². The van der Waals surface area contributed by atoms with Crippen LogP contribution in [0.25, 0.3) is 10.9 Å². The van der Waals surface area contributed by atoms with E-state index in [1.54, 1.807) is 0 Å². The SMILES string of the molecule is CN(C)Cc1cn2c3c(cccc13)NC(=O)CC2. The van der Waals surface area contributed by atoms with Crippen molar-refractivity contribution in [1.29, 1.82) is 0 Å². The van der Waals surface area contributed by atoms with Gasteiger partial charge in [-0.3, -0.25) is 4.79 Å². The second kappa shape index (κ2) is 4.14. The van der Waals surface area contributed by atoms with Gasteiger partial charge in [0.2, 0.25) is 5.91 Å². The summed E-state index contributed by atoms with van der Waals surface area (Å²) in [6.07, 6.45) is 2.72. The van der Waals surface area contributed by atoms with Gasteiger partial charge in [-0.2, -0.15) is 0 Å². The predicted molar refractivity (Wildman–Crippen MR) is 72.6 cm³/mol. The highest BCUT2D eigenvalue weighted by Gasteiger charge is 2.17. The zero-order chi connectivity index (χ0) is 12.7. The summed E-state index contributed by atoms with van der Waals surface area (Å²) in [5.74, 6) is 0.0976. The predicted octanol–water partition coefficient (Wildman–Crippen LogP) is 2.05. The third-order valence-corrected chi connectivity index (χ3v) is 3.32. The molecule has 0 unspecified atom stereocenters. The van der Waals surface area contributed by atoms with Crippen molar-refractivity contribution in [2.45, 2.75) is 19.5 Å². The zero-order valence-electron chi connectivity index (χ0n) is 10.7. The molecule has 4 nitrogen and oxygen atoms in total. The largest absolute Gasteiger partial charge is 0.345 e. The normalized spacial score (nSPS) is 14.9. The van der Waals surface area contributed by atoms with Gasteiger partial charge in [0.1, 0.15) is 0 Å². The number of hydrogen-bond acceptors (Lipinski definition) is 2. The second-order valence-corrected chi connectivity index (χ2v) is 5.09. The maximum absolute atomic E-state index is 11.6. The molecule has 0 radical (unpaired) electrons. The molecule has 1 aromatic carbocycles. The van der Waals surface area contributed by atoms with Crippen molar-refractivity contribution >= 4 is 22.5 Å². The minimum Gasteiger partial charge on any atom is -0.345 e. The Morgan fingerprint density at radius 3 is 3.00 bits per heavy atom. The molecule has 0 saturated heterocycles. The number of para-hydroxylation sites is 1. The number of nitrogens with zero attached hydrogens (tertiary/aromatic N) is 2. The lowest BCUT2D eigenvalue weighted by atomic mass is 10.1. The zero-order valence-corrected chi connectivity index (χ0v) is 10.7. The molecule has 4 heteroatoms. The maximum Gasteiger partial charge on any atom is 0.226 e. The Morgan fingerprint density at radius 2 is 2.22 bits per heavy atom. The quantitative estimate of drug-likeness (QED) is 0.876. The van der Waals surface area contributed by atoms with Crippen LogP contribution in [-0.4, -0.2) is 29.5 Å². The van der Waals surface area contributed by atoms with Crippen LogP contribution in [0.2, 0.25) is 0 Å². The molecule has 0 fully saturated rings. The molecule has 0 saturated carbocycles. The van der Waals surface area contributed by atoms with Crippen LogP contribution in [0.5, 0.6) is 0 Å². The van der Waals surface area contributed by atoms with Crippen LogP contribution in [-0.2, 0) is 17.9 Å². The summed E-state index contributed by atoms with van der Waals surface area (Å²) in [7, 11) is 4.14. The second-order valence-electron chi connectivity index (χ2n) is 5.09. The van der Waals surface area contributed by atoms with E-state index in [-0.39, 0.29) is 5.91 Å². The lowest BCUT2D eigenvalue weighted by Gasteiger charge is -2.08. The molecule has 1 aromatic heterocycles. The van der Waals surface area contributed by atoms with E-state index < -0.39 is 0 Å². The molecular formula is C14H17N3O. The van der Waals surface area contributed by atoms with Crippen LogP contribution >= 0.6 is 0 Å². The highest BCUT2D eigenvalue weighted by molar-refractivity contribution is 6.03. The molecule has 1 aliphatic rings. The maximum atomic E-state index is 11.6. The third kappa shape index (κ3) is 1.78. The third-order valence-electron chi connectivity index (χ3n) is 3.32. The fourth-order valence-electron chi connectivity index (χ4n) is 2.61. The molecule has 1 aliphatic heterocycles. The fraction of sp³-hybridized carbons (Fsp3) is 0.357. The summed E-state index contributed by atoms with van der Waals surface area (Å²) >= 11 is 0. The topological polar surface area (TPSA) is 37.3 Å². The van der Waals surface area contributed by atoms with E-state index in [0.717, 1.165) is 24.3 Å². The number of amides is 1. The number of aromatic nitrogens is 1. The summed E-state index contributed by atoms with van der Waals surface area (Å²) in [6.45, 7) is 1.67. The Kier molecular flexibility index (Phi) is 2.59. The van der Waals surface area contributed by atoms with Gasteiger partial charge in [0.25, 0.3) is 0 Å². The minimum atomic E-state index is 0.0976. The highest BCUT2D eigenvalue weighted by atomic mass is 16.1. The van der Waals surface area contributed by atoms with Gasteiger partial charge in [0, 0.05) is 31.1 Å². The van der Waals surface area contributed by atoms with Gasteiger partial charge in [-0.05, 0) is 25.7 Å². The van der Waals surface area contributed by atoms with Crippen LogP contribution < -0.4 is 5.32 Å². The average Bonchev–Trinajstić information content (AvgIpc) is 2.56. The number of anilines is 1. The molecule has 2 heterocycles. The molecule has 0 atom stereocenters. The monoisotopic (exact) mass is 243 g/mol. The summed E-state index contributed by atoms with van der Waals surface area (Å²) < 4.78 is 2.20. The Balaban J connectivity index is 2.20. The van der Waals surface area contributed by atoms with Crippen molar-refractivity contribution in [2.75, 3.05) is 19.4 Å². The standard InChI is InChI=1S/C14H17N3O/c1-16(2)8-10-9-17-7-6-13(18)15-12-5-3-4-11(10)14(12)17/h3-5,9H,6-8H2,1-2H3,(H,15,18). The van der Waals surface area contributed by atoms with E-state index in [2.05, 4.69) is 41.1 Å². The lowest BCUT2D eigenvalue weighted by molar-refractivity contribution is -0.116. The van der Waals surface area contributed by atoms with Gasteiger partial charge in [0.15, 0.2) is 0 Å². The van der Waals surface area contributed by atoms with Gasteiger partial charge in [-0.1, -0.05) is 12.1 Å². The smallest absolute Gasteiger partial charge is 0.226 e. The van der Waals surface area contributed by atoms with Crippen LogP contribution in [0.1, 0.15) is 12.0 Å². The number of carbonyl (C=O) groups excluding carboxylic acids is 1. The summed E-state index contributed by atoms with van der Waals surface area (Å²) in [5.41, 5.74) is 3.40. The van der Waals surface area contributed by atoms with Crippen molar-refractivity contribution in [3.8, 4) is 0 Å². The van der Waals surface area contributed by atoms with Crippen molar-refractivity contribution in [3.05, 3.63) is 30.0 Å². The molecular weight excluding hydrogens is 226 g/mol. The summed E-state index contributed by atoms with van der Waals surface area (Å²) in [4.78, 5) is 13.8. The molecule has 94 valence electrons. The Hall–Kier alpha value is -1.81. The van der Waals surface area contributed by atoms with E-state index in [1.807, 2.05) is 12.1 Å². The minimum absolute atomic E-state index is 0.0976. The Morgan fingerprint density at radius 1 is 1.39 bits per heavy atom. The lowest BCUT2D eigenvalue weighted by Crippen LogP contribution is -2.12.